The van der Waals surface area contributed by atoms with Gasteiger partial charge in [-0.2, -0.15) is 0 Å². The van der Waals surface area contributed by atoms with Crippen LogP contribution in [0.4, 0.5) is 0 Å². The first-order chi connectivity index (χ1) is 8.65. The Morgan fingerprint density at radius 3 is 2.28 bits per heavy atom. The topological polar surface area (TPSA) is 12.0 Å². The normalized spacial score (nSPS) is 21.6. The minimum Gasteiger partial charge on any atom is -0.310 e. The first-order valence-electron chi connectivity index (χ1n) is 7.45. The van der Waals surface area contributed by atoms with Crippen molar-refractivity contribution < 1.29 is 0 Å². The Balaban J connectivity index is 1.57. The average Bonchev–Trinajstić information content (AvgIpc) is 3.19. The Labute approximate surface area is 115 Å². The summed E-state index contributed by atoms with van der Waals surface area (Å²) in [7, 11) is 0. The standard InChI is InChI=1S/C16H25NS/c1-10-8-15(12(3)18-10)11(2)17-9-16(13-4-5-13)14-6-7-14/h8,11,13-14,16-17H,4-7,9H2,1-3H3. The molecule has 0 bridgehead atoms. The molecule has 1 aromatic heterocycles. The van der Waals surface area contributed by atoms with Crippen molar-refractivity contribution in [3.8, 4) is 0 Å². The Morgan fingerprint density at radius 1 is 1.22 bits per heavy atom. The van der Waals surface area contributed by atoms with Crippen molar-refractivity contribution in [2.45, 2.75) is 52.5 Å². The van der Waals surface area contributed by atoms with Crippen LogP contribution >= 0.6 is 11.3 Å². The van der Waals surface area contributed by atoms with Crippen LogP contribution in [-0.4, -0.2) is 6.54 Å². The molecule has 1 heterocycles. The highest BCUT2D eigenvalue weighted by Gasteiger charge is 2.41. The number of rotatable bonds is 6. The van der Waals surface area contributed by atoms with Gasteiger partial charge in [-0.05, 0) is 82.4 Å². The minimum atomic E-state index is 0.523. The molecule has 1 unspecified atom stereocenters. The number of hydrogen-bond acceptors (Lipinski definition) is 2. The fourth-order valence-electron chi connectivity index (χ4n) is 3.27. The molecule has 2 heteroatoms. The van der Waals surface area contributed by atoms with E-state index in [0.717, 1.165) is 17.8 Å². The molecule has 0 amide bonds. The molecule has 0 aromatic carbocycles. The van der Waals surface area contributed by atoms with Crippen LogP contribution in [0.3, 0.4) is 0 Å². The second-order valence-electron chi connectivity index (χ2n) is 6.34. The molecular weight excluding hydrogens is 238 g/mol. The lowest BCUT2D eigenvalue weighted by Crippen LogP contribution is -2.28. The molecule has 2 fully saturated rings. The van der Waals surface area contributed by atoms with Gasteiger partial charge in [0, 0.05) is 15.8 Å². The highest BCUT2D eigenvalue weighted by atomic mass is 32.1. The highest BCUT2D eigenvalue weighted by molar-refractivity contribution is 7.12. The fourth-order valence-corrected chi connectivity index (χ4v) is 4.29. The molecule has 0 saturated heterocycles. The summed E-state index contributed by atoms with van der Waals surface area (Å²) >= 11 is 1.93. The lowest BCUT2D eigenvalue weighted by Gasteiger charge is -2.20. The molecule has 2 aliphatic carbocycles. The SMILES string of the molecule is Cc1cc(C(C)NCC(C2CC2)C2CC2)c(C)s1. The summed E-state index contributed by atoms with van der Waals surface area (Å²) in [6, 6.07) is 2.89. The summed E-state index contributed by atoms with van der Waals surface area (Å²) in [4.78, 5) is 2.93. The summed E-state index contributed by atoms with van der Waals surface area (Å²) in [6.45, 7) is 8.03. The Kier molecular flexibility index (Phi) is 3.50. The quantitative estimate of drug-likeness (QED) is 0.799. The first kappa shape index (κ1) is 12.7. The van der Waals surface area contributed by atoms with E-state index in [9.17, 15) is 0 Å². The van der Waals surface area contributed by atoms with Crippen LogP contribution in [0, 0.1) is 31.6 Å². The van der Waals surface area contributed by atoms with E-state index in [4.69, 9.17) is 0 Å². The Hall–Kier alpha value is -0.340. The third-order valence-corrected chi connectivity index (χ3v) is 5.64. The van der Waals surface area contributed by atoms with Gasteiger partial charge in [-0.15, -0.1) is 11.3 Å². The third-order valence-electron chi connectivity index (χ3n) is 4.66. The van der Waals surface area contributed by atoms with Crippen molar-refractivity contribution in [3.63, 3.8) is 0 Å². The number of aryl methyl sites for hydroxylation is 2. The average molecular weight is 263 g/mol. The van der Waals surface area contributed by atoms with E-state index in [1.165, 1.54) is 47.5 Å². The van der Waals surface area contributed by atoms with E-state index < -0.39 is 0 Å². The number of nitrogens with one attached hydrogen (secondary N) is 1. The molecule has 1 aromatic rings. The molecule has 1 N–H and O–H groups in total. The molecular formula is C16H25NS. The van der Waals surface area contributed by atoms with Crippen LogP contribution in [0.25, 0.3) is 0 Å². The van der Waals surface area contributed by atoms with Crippen molar-refractivity contribution >= 4 is 11.3 Å². The predicted octanol–water partition coefficient (Wildman–Crippen LogP) is 4.45. The summed E-state index contributed by atoms with van der Waals surface area (Å²) in [5.74, 6) is 3.09. The summed E-state index contributed by atoms with van der Waals surface area (Å²) in [5.41, 5.74) is 1.52. The zero-order valence-corrected chi connectivity index (χ0v) is 12.6. The smallest absolute Gasteiger partial charge is 0.0302 e. The highest BCUT2D eigenvalue weighted by Crippen LogP contribution is 2.49. The van der Waals surface area contributed by atoms with Gasteiger partial charge in [0.05, 0.1) is 0 Å². The van der Waals surface area contributed by atoms with Gasteiger partial charge in [0.15, 0.2) is 0 Å². The largest absolute Gasteiger partial charge is 0.310 e. The molecule has 100 valence electrons. The van der Waals surface area contributed by atoms with E-state index in [1.54, 1.807) is 0 Å². The molecule has 3 rings (SSSR count). The van der Waals surface area contributed by atoms with Crippen LogP contribution < -0.4 is 5.32 Å². The maximum atomic E-state index is 3.80. The summed E-state index contributed by atoms with van der Waals surface area (Å²) < 4.78 is 0. The molecule has 2 aliphatic rings. The van der Waals surface area contributed by atoms with Gasteiger partial charge in [-0.3, -0.25) is 0 Å². The monoisotopic (exact) mass is 263 g/mol. The van der Waals surface area contributed by atoms with Gasteiger partial charge in [-0.1, -0.05) is 0 Å². The second kappa shape index (κ2) is 4.97. The Morgan fingerprint density at radius 2 is 1.83 bits per heavy atom. The van der Waals surface area contributed by atoms with Crippen molar-refractivity contribution in [2.75, 3.05) is 6.54 Å². The molecule has 0 radical (unpaired) electrons. The molecule has 0 spiro atoms. The lowest BCUT2D eigenvalue weighted by molar-refractivity contribution is 0.362. The van der Waals surface area contributed by atoms with E-state index in [-0.39, 0.29) is 0 Å². The fraction of sp³-hybridized carbons (Fsp3) is 0.750. The van der Waals surface area contributed by atoms with Crippen LogP contribution in [0.15, 0.2) is 6.07 Å². The molecule has 1 atom stereocenters. The molecule has 1 nitrogen and oxygen atoms in total. The van der Waals surface area contributed by atoms with Crippen molar-refractivity contribution in [1.29, 1.82) is 0 Å². The predicted molar refractivity (Wildman–Crippen MR) is 79.1 cm³/mol. The van der Waals surface area contributed by atoms with Crippen molar-refractivity contribution in [2.24, 2.45) is 17.8 Å². The molecule has 0 aliphatic heterocycles. The second-order valence-corrected chi connectivity index (χ2v) is 7.80. The van der Waals surface area contributed by atoms with Crippen LogP contribution in [-0.2, 0) is 0 Å². The van der Waals surface area contributed by atoms with Crippen LogP contribution in [0.1, 0.15) is 54.0 Å². The number of thiophene rings is 1. The maximum absolute atomic E-state index is 3.80. The van der Waals surface area contributed by atoms with Gasteiger partial charge in [-0.25, -0.2) is 0 Å². The van der Waals surface area contributed by atoms with Gasteiger partial charge in [0.1, 0.15) is 0 Å². The van der Waals surface area contributed by atoms with Gasteiger partial charge >= 0.3 is 0 Å². The van der Waals surface area contributed by atoms with Crippen molar-refractivity contribution in [1.82, 2.24) is 5.32 Å². The molecule has 18 heavy (non-hydrogen) atoms. The Bertz CT molecular complexity index is 403. The van der Waals surface area contributed by atoms with Gasteiger partial charge in [0.25, 0.3) is 0 Å². The maximum Gasteiger partial charge on any atom is 0.0302 e. The summed E-state index contributed by atoms with van der Waals surface area (Å²) in [5, 5.41) is 3.80. The first-order valence-corrected chi connectivity index (χ1v) is 8.27. The van der Waals surface area contributed by atoms with E-state index in [2.05, 4.69) is 32.2 Å². The zero-order chi connectivity index (χ0) is 12.7. The van der Waals surface area contributed by atoms with E-state index in [0.29, 0.717) is 6.04 Å². The summed E-state index contributed by atoms with van der Waals surface area (Å²) in [6.07, 6.45) is 5.98. The van der Waals surface area contributed by atoms with E-state index >= 15 is 0 Å². The number of hydrogen-bond donors (Lipinski definition) is 1. The zero-order valence-electron chi connectivity index (χ0n) is 11.8. The van der Waals surface area contributed by atoms with Crippen LogP contribution in [0.2, 0.25) is 0 Å². The van der Waals surface area contributed by atoms with Crippen LogP contribution in [0.5, 0.6) is 0 Å². The lowest BCUT2D eigenvalue weighted by atomic mass is 9.97. The van der Waals surface area contributed by atoms with Gasteiger partial charge < -0.3 is 5.32 Å². The molecule has 2 saturated carbocycles. The minimum absolute atomic E-state index is 0.523. The van der Waals surface area contributed by atoms with E-state index in [1.807, 2.05) is 11.3 Å². The third kappa shape index (κ3) is 2.80. The van der Waals surface area contributed by atoms with Crippen molar-refractivity contribution in [3.05, 3.63) is 21.4 Å². The van der Waals surface area contributed by atoms with Gasteiger partial charge in [0.2, 0.25) is 0 Å².